The molecule has 15 heavy (non-hydrogen) atoms. The normalized spacial score (nSPS) is 24.9. The Balaban J connectivity index is 2.07. The molecule has 0 spiro atoms. The van der Waals surface area contributed by atoms with Crippen LogP contribution in [0.2, 0.25) is 0 Å². The summed E-state index contributed by atoms with van der Waals surface area (Å²) in [4.78, 5) is 0. The van der Waals surface area contributed by atoms with Gasteiger partial charge in [0.05, 0.1) is 11.2 Å². The van der Waals surface area contributed by atoms with Crippen molar-refractivity contribution in [3.8, 4) is 0 Å². The van der Waals surface area contributed by atoms with Gasteiger partial charge in [0.2, 0.25) is 0 Å². The van der Waals surface area contributed by atoms with E-state index in [1.807, 2.05) is 18.2 Å². The molecule has 2 aliphatic rings. The molecule has 3 rings (SSSR count). The molecular formula is C13H16O2. The Kier molecular flexibility index (Phi) is 1.77. The van der Waals surface area contributed by atoms with Crippen molar-refractivity contribution < 1.29 is 9.84 Å². The van der Waals surface area contributed by atoms with Gasteiger partial charge in [0, 0.05) is 7.11 Å². The minimum atomic E-state index is -0.551. The van der Waals surface area contributed by atoms with E-state index in [9.17, 15) is 5.11 Å². The standard InChI is InChI=1S/C13H16O2/c1-15-13(8-9-13)11-5-3-2-4-10(11)12(14)6-7-12/h2-5,14H,6-9H2,1H3. The van der Waals surface area contributed by atoms with E-state index in [0.717, 1.165) is 31.2 Å². The summed E-state index contributed by atoms with van der Waals surface area (Å²) in [6.45, 7) is 0. The first-order valence-electron chi connectivity index (χ1n) is 5.58. The highest BCUT2D eigenvalue weighted by atomic mass is 16.5. The molecule has 0 saturated heterocycles. The first kappa shape index (κ1) is 9.37. The molecule has 80 valence electrons. The van der Waals surface area contributed by atoms with Crippen molar-refractivity contribution in [2.45, 2.75) is 36.9 Å². The molecule has 2 fully saturated rings. The molecule has 1 aromatic carbocycles. The zero-order valence-corrected chi connectivity index (χ0v) is 8.99. The number of benzene rings is 1. The van der Waals surface area contributed by atoms with E-state index in [1.165, 1.54) is 5.56 Å². The van der Waals surface area contributed by atoms with Crippen LogP contribution in [0.3, 0.4) is 0 Å². The van der Waals surface area contributed by atoms with E-state index in [4.69, 9.17) is 4.74 Å². The molecule has 0 aliphatic heterocycles. The summed E-state index contributed by atoms with van der Waals surface area (Å²) in [7, 11) is 1.76. The Bertz CT molecular complexity index is 389. The highest BCUT2D eigenvalue weighted by molar-refractivity contribution is 5.42. The Hall–Kier alpha value is -0.860. The van der Waals surface area contributed by atoms with Crippen molar-refractivity contribution >= 4 is 0 Å². The van der Waals surface area contributed by atoms with Crippen molar-refractivity contribution in [1.29, 1.82) is 0 Å². The molecule has 0 heterocycles. The summed E-state index contributed by atoms with van der Waals surface area (Å²) in [6.07, 6.45) is 3.95. The number of aliphatic hydroxyl groups is 1. The summed E-state index contributed by atoms with van der Waals surface area (Å²) < 4.78 is 5.59. The average molecular weight is 204 g/mol. The van der Waals surface area contributed by atoms with Crippen molar-refractivity contribution in [3.05, 3.63) is 35.4 Å². The van der Waals surface area contributed by atoms with Gasteiger partial charge in [-0.2, -0.15) is 0 Å². The van der Waals surface area contributed by atoms with Gasteiger partial charge in [-0.05, 0) is 36.8 Å². The molecule has 1 aromatic rings. The second-order valence-electron chi connectivity index (χ2n) is 4.78. The summed E-state index contributed by atoms with van der Waals surface area (Å²) in [6, 6.07) is 8.17. The number of hydrogen-bond acceptors (Lipinski definition) is 2. The third-order valence-corrected chi connectivity index (χ3v) is 3.74. The lowest BCUT2D eigenvalue weighted by molar-refractivity contribution is 0.0724. The Morgan fingerprint density at radius 3 is 2.13 bits per heavy atom. The van der Waals surface area contributed by atoms with Crippen LogP contribution in [0.25, 0.3) is 0 Å². The van der Waals surface area contributed by atoms with Gasteiger partial charge in [-0.3, -0.25) is 0 Å². The maximum Gasteiger partial charge on any atom is 0.0933 e. The van der Waals surface area contributed by atoms with Crippen molar-refractivity contribution in [2.24, 2.45) is 0 Å². The van der Waals surface area contributed by atoms with Gasteiger partial charge < -0.3 is 9.84 Å². The van der Waals surface area contributed by atoms with Gasteiger partial charge in [-0.1, -0.05) is 24.3 Å². The Morgan fingerprint density at radius 2 is 1.67 bits per heavy atom. The molecule has 2 aliphatic carbocycles. The van der Waals surface area contributed by atoms with Crippen LogP contribution >= 0.6 is 0 Å². The van der Waals surface area contributed by atoms with E-state index < -0.39 is 5.60 Å². The smallest absolute Gasteiger partial charge is 0.0933 e. The zero-order valence-electron chi connectivity index (χ0n) is 8.99. The monoisotopic (exact) mass is 204 g/mol. The molecule has 0 atom stereocenters. The van der Waals surface area contributed by atoms with Crippen molar-refractivity contribution in [3.63, 3.8) is 0 Å². The van der Waals surface area contributed by atoms with Crippen molar-refractivity contribution in [2.75, 3.05) is 7.11 Å². The van der Waals surface area contributed by atoms with Gasteiger partial charge in [0.25, 0.3) is 0 Å². The summed E-state index contributed by atoms with van der Waals surface area (Å²) in [5.41, 5.74) is 1.65. The minimum Gasteiger partial charge on any atom is -0.385 e. The highest BCUT2D eigenvalue weighted by Gasteiger charge is 2.51. The number of ether oxygens (including phenoxy) is 1. The van der Waals surface area contributed by atoms with Gasteiger partial charge in [0.1, 0.15) is 0 Å². The first-order valence-corrected chi connectivity index (χ1v) is 5.58. The molecule has 0 bridgehead atoms. The van der Waals surface area contributed by atoms with Crippen LogP contribution in [0.5, 0.6) is 0 Å². The second-order valence-corrected chi connectivity index (χ2v) is 4.78. The lowest BCUT2D eigenvalue weighted by Crippen LogP contribution is -2.17. The van der Waals surface area contributed by atoms with Crippen LogP contribution in [-0.2, 0) is 15.9 Å². The zero-order chi connectivity index (χ0) is 10.5. The fourth-order valence-electron chi connectivity index (χ4n) is 2.37. The van der Waals surface area contributed by atoms with E-state index in [1.54, 1.807) is 7.11 Å². The predicted molar refractivity (Wildman–Crippen MR) is 57.5 cm³/mol. The SMILES string of the molecule is COC1(c2ccccc2C2(O)CC2)CC1. The van der Waals surface area contributed by atoms with Gasteiger partial charge in [-0.25, -0.2) is 0 Å². The molecule has 0 amide bonds. The number of methoxy groups -OCH3 is 1. The van der Waals surface area contributed by atoms with Crippen LogP contribution in [0.1, 0.15) is 36.8 Å². The molecule has 1 N–H and O–H groups in total. The van der Waals surface area contributed by atoms with Crippen LogP contribution in [-0.4, -0.2) is 12.2 Å². The summed E-state index contributed by atoms with van der Waals surface area (Å²) in [5, 5.41) is 10.2. The molecule has 0 radical (unpaired) electrons. The van der Waals surface area contributed by atoms with Gasteiger partial charge in [0.15, 0.2) is 0 Å². The second kappa shape index (κ2) is 2.83. The predicted octanol–water partition coefficient (Wildman–Crippen LogP) is 2.30. The van der Waals surface area contributed by atoms with E-state index in [-0.39, 0.29) is 5.60 Å². The molecular weight excluding hydrogens is 188 g/mol. The molecule has 0 unspecified atom stereocenters. The fourth-order valence-corrected chi connectivity index (χ4v) is 2.37. The van der Waals surface area contributed by atoms with Crippen LogP contribution < -0.4 is 0 Å². The third-order valence-electron chi connectivity index (χ3n) is 3.74. The largest absolute Gasteiger partial charge is 0.385 e. The maximum atomic E-state index is 10.2. The average Bonchev–Trinajstić information content (AvgIpc) is 3.15. The quantitative estimate of drug-likeness (QED) is 0.818. The van der Waals surface area contributed by atoms with Crippen LogP contribution in [0.4, 0.5) is 0 Å². The Labute approximate surface area is 89.9 Å². The van der Waals surface area contributed by atoms with E-state index in [2.05, 4.69) is 6.07 Å². The van der Waals surface area contributed by atoms with Crippen molar-refractivity contribution in [1.82, 2.24) is 0 Å². The Morgan fingerprint density at radius 1 is 1.07 bits per heavy atom. The van der Waals surface area contributed by atoms with E-state index in [0.29, 0.717) is 0 Å². The van der Waals surface area contributed by atoms with Gasteiger partial charge in [-0.15, -0.1) is 0 Å². The third kappa shape index (κ3) is 1.32. The summed E-state index contributed by atoms with van der Waals surface area (Å²) in [5.74, 6) is 0. The molecule has 0 aromatic heterocycles. The maximum absolute atomic E-state index is 10.2. The first-order chi connectivity index (χ1) is 7.20. The molecule has 2 nitrogen and oxygen atoms in total. The number of hydrogen-bond donors (Lipinski definition) is 1. The minimum absolute atomic E-state index is 0.0884. The lowest BCUT2D eigenvalue weighted by Gasteiger charge is -2.21. The highest BCUT2D eigenvalue weighted by Crippen LogP contribution is 2.55. The lowest BCUT2D eigenvalue weighted by atomic mass is 9.95. The fraction of sp³-hybridized carbons (Fsp3) is 0.538. The molecule has 2 heteroatoms. The van der Waals surface area contributed by atoms with Crippen LogP contribution in [0, 0.1) is 0 Å². The molecule has 2 saturated carbocycles. The topological polar surface area (TPSA) is 29.5 Å². The van der Waals surface area contributed by atoms with E-state index >= 15 is 0 Å². The summed E-state index contributed by atoms with van der Waals surface area (Å²) >= 11 is 0. The van der Waals surface area contributed by atoms with Gasteiger partial charge >= 0.3 is 0 Å². The number of rotatable bonds is 3. The van der Waals surface area contributed by atoms with Crippen LogP contribution in [0.15, 0.2) is 24.3 Å².